The van der Waals surface area contributed by atoms with Gasteiger partial charge in [0.05, 0.1) is 0 Å². The van der Waals surface area contributed by atoms with E-state index in [2.05, 4.69) is 37.4 Å². The average Bonchev–Trinajstić information content (AvgIpc) is 2.29. The smallest absolute Gasteiger partial charge is 0.00726 e. The molecule has 0 aliphatic carbocycles. The fourth-order valence-corrected chi connectivity index (χ4v) is 2.86. The van der Waals surface area contributed by atoms with Crippen LogP contribution in [0.1, 0.15) is 20.8 Å². The van der Waals surface area contributed by atoms with Crippen LogP contribution in [0.2, 0.25) is 0 Å². The van der Waals surface area contributed by atoms with E-state index in [9.17, 15) is 0 Å². The second-order valence-electron chi connectivity index (χ2n) is 4.78. The van der Waals surface area contributed by atoms with Crippen molar-refractivity contribution >= 4 is 11.8 Å². The predicted octanol–water partition coefficient (Wildman–Crippen LogP) is 1.65. The highest BCUT2D eigenvalue weighted by Gasteiger charge is 2.18. The van der Waals surface area contributed by atoms with Crippen LogP contribution < -0.4 is 5.73 Å². The zero-order valence-corrected chi connectivity index (χ0v) is 10.5. The first kappa shape index (κ1) is 12.3. The Morgan fingerprint density at radius 1 is 1.50 bits per heavy atom. The molecule has 1 rings (SSSR count). The standard InChI is InChI=1S/C11H24N2S/c1-9-6-13(4-5-14-8-9)7-10(2)11(3)12/h9-11H,4-8,12H2,1-3H3. The van der Waals surface area contributed by atoms with Crippen molar-refractivity contribution in [1.29, 1.82) is 0 Å². The van der Waals surface area contributed by atoms with E-state index in [4.69, 9.17) is 5.73 Å². The molecule has 14 heavy (non-hydrogen) atoms. The molecule has 3 unspecified atom stereocenters. The molecule has 1 aliphatic heterocycles. The van der Waals surface area contributed by atoms with Crippen molar-refractivity contribution in [3.05, 3.63) is 0 Å². The monoisotopic (exact) mass is 216 g/mol. The molecule has 0 aromatic heterocycles. The molecule has 0 spiro atoms. The van der Waals surface area contributed by atoms with Gasteiger partial charge in [0.1, 0.15) is 0 Å². The number of hydrogen-bond donors (Lipinski definition) is 1. The lowest BCUT2D eigenvalue weighted by molar-refractivity contribution is 0.219. The molecule has 0 bridgehead atoms. The second kappa shape index (κ2) is 5.99. The molecule has 1 heterocycles. The van der Waals surface area contributed by atoms with Gasteiger partial charge < -0.3 is 10.6 Å². The van der Waals surface area contributed by atoms with Gasteiger partial charge in [-0.1, -0.05) is 13.8 Å². The van der Waals surface area contributed by atoms with Crippen LogP contribution in [0.5, 0.6) is 0 Å². The van der Waals surface area contributed by atoms with E-state index in [0.29, 0.717) is 12.0 Å². The molecule has 1 saturated heterocycles. The Bertz CT molecular complexity index is 161. The van der Waals surface area contributed by atoms with Crippen LogP contribution in [0, 0.1) is 11.8 Å². The summed E-state index contributed by atoms with van der Waals surface area (Å²) in [5.74, 6) is 4.06. The van der Waals surface area contributed by atoms with E-state index in [-0.39, 0.29) is 0 Å². The van der Waals surface area contributed by atoms with Crippen molar-refractivity contribution in [2.45, 2.75) is 26.8 Å². The SMILES string of the molecule is CC1CSCCN(CC(C)C(C)N)C1. The van der Waals surface area contributed by atoms with Crippen molar-refractivity contribution in [1.82, 2.24) is 4.90 Å². The number of nitrogens with zero attached hydrogens (tertiary/aromatic N) is 1. The minimum absolute atomic E-state index is 0.321. The van der Waals surface area contributed by atoms with Crippen LogP contribution in [-0.2, 0) is 0 Å². The third-order valence-corrected chi connectivity index (χ3v) is 4.24. The predicted molar refractivity (Wildman–Crippen MR) is 65.7 cm³/mol. The quantitative estimate of drug-likeness (QED) is 0.778. The number of nitrogens with two attached hydrogens (primary N) is 1. The first-order valence-corrected chi connectivity index (χ1v) is 6.80. The van der Waals surface area contributed by atoms with Gasteiger partial charge in [0.15, 0.2) is 0 Å². The fourth-order valence-electron chi connectivity index (χ4n) is 1.80. The molecule has 0 aromatic carbocycles. The molecule has 0 aromatic rings. The lowest BCUT2D eigenvalue weighted by Gasteiger charge is -2.27. The highest BCUT2D eigenvalue weighted by Crippen LogP contribution is 2.16. The summed E-state index contributed by atoms with van der Waals surface area (Å²) in [7, 11) is 0. The highest BCUT2D eigenvalue weighted by atomic mass is 32.2. The van der Waals surface area contributed by atoms with Crippen LogP contribution in [0.3, 0.4) is 0 Å². The zero-order valence-electron chi connectivity index (χ0n) is 9.70. The first-order chi connectivity index (χ1) is 6.59. The van der Waals surface area contributed by atoms with Gasteiger partial charge in [0.2, 0.25) is 0 Å². The van der Waals surface area contributed by atoms with Crippen molar-refractivity contribution < 1.29 is 0 Å². The summed E-state index contributed by atoms with van der Waals surface area (Å²) in [4.78, 5) is 2.58. The molecule has 0 saturated carbocycles. The molecule has 3 heteroatoms. The number of rotatable bonds is 3. The van der Waals surface area contributed by atoms with E-state index in [1.807, 2.05) is 0 Å². The van der Waals surface area contributed by atoms with E-state index in [1.165, 1.54) is 31.1 Å². The third kappa shape index (κ3) is 4.20. The highest BCUT2D eigenvalue weighted by molar-refractivity contribution is 7.99. The van der Waals surface area contributed by atoms with Gasteiger partial charge in [-0.2, -0.15) is 11.8 Å². The summed E-state index contributed by atoms with van der Waals surface area (Å²) in [5, 5.41) is 0. The molecule has 3 atom stereocenters. The Kier molecular flexibility index (Phi) is 5.28. The van der Waals surface area contributed by atoms with Crippen LogP contribution in [0.4, 0.5) is 0 Å². The summed E-state index contributed by atoms with van der Waals surface area (Å²) in [6, 6.07) is 0.321. The van der Waals surface area contributed by atoms with Gasteiger partial charge in [0.25, 0.3) is 0 Å². The van der Waals surface area contributed by atoms with E-state index in [0.717, 1.165) is 5.92 Å². The van der Waals surface area contributed by atoms with Crippen molar-refractivity contribution in [3.8, 4) is 0 Å². The Hall–Kier alpha value is 0.270. The topological polar surface area (TPSA) is 29.3 Å². The second-order valence-corrected chi connectivity index (χ2v) is 5.93. The summed E-state index contributed by atoms with van der Waals surface area (Å²) < 4.78 is 0. The molecule has 0 radical (unpaired) electrons. The lowest BCUT2D eigenvalue weighted by Crippen LogP contribution is -2.38. The minimum Gasteiger partial charge on any atom is -0.328 e. The number of hydrogen-bond acceptors (Lipinski definition) is 3. The van der Waals surface area contributed by atoms with Gasteiger partial charge in [-0.3, -0.25) is 0 Å². The molecule has 1 fully saturated rings. The molecule has 2 nitrogen and oxygen atoms in total. The summed E-state index contributed by atoms with van der Waals surface area (Å²) in [6.07, 6.45) is 0. The van der Waals surface area contributed by atoms with Crippen molar-refractivity contribution in [2.75, 3.05) is 31.1 Å². The summed E-state index contributed by atoms with van der Waals surface area (Å²) in [6.45, 7) is 10.4. The molecular formula is C11H24N2S. The van der Waals surface area contributed by atoms with Crippen LogP contribution in [-0.4, -0.2) is 42.1 Å². The van der Waals surface area contributed by atoms with Gasteiger partial charge in [-0.05, 0) is 24.5 Å². The Labute approximate surface area is 92.6 Å². The van der Waals surface area contributed by atoms with Crippen LogP contribution in [0.25, 0.3) is 0 Å². The molecule has 84 valence electrons. The molecule has 1 aliphatic rings. The summed E-state index contributed by atoms with van der Waals surface area (Å²) in [5.41, 5.74) is 5.89. The Morgan fingerprint density at radius 2 is 2.21 bits per heavy atom. The molecule has 0 amide bonds. The lowest BCUT2D eigenvalue weighted by atomic mass is 10.0. The average molecular weight is 216 g/mol. The van der Waals surface area contributed by atoms with Crippen LogP contribution in [0.15, 0.2) is 0 Å². The van der Waals surface area contributed by atoms with E-state index < -0.39 is 0 Å². The zero-order chi connectivity index (χ0) is 10.6. The van der Waals surface area contributed by atoms with Gasteiger partial charge in [-0.25, -0.2) is 0 Å². The first-order valence-electron chi connectivity index (χ1n) is 5.65. The molecular weight excluding hydrogens is 192 g/mol. The largest absolute Gasteiger partial charge is 0.328 e. The van der Waals surface area contributed by atoms with Gasteiger partial charge in [0, 0.05) is 31.4 Å². The van der Waals surface area contributed by atoms with Crippen molar-refractivity contribution in [3.63, 3.8) is 0 Å². The maximum Gasteiger partial charge on any atom is 0.00726 e. The van der Waals surface area contributed by atoms with E-state index >= 15 is 0 Å². The Balaban J connectivity index is 2.34. The van der Waals surface area contributed by atoms with Crippen molar-refractivity contribution in [2.24, 2.45) is 17.6 Å². The Morgan fingerprint density at radius 3 is 2.86 bits per heavy atom. The normalized spacial score (nSPS) is 29.6. The maximum atomic E-state index is 5.89. The third-order valence-electron chi connectivity index (χ3n) is 2.97. The van der Waals surface area contributed by atoms with E-state index in [1.54, 1.807) is 0 Å². The van der Waals surface area contributed by atoms with Gasteiger partial charge in [-0.15, -0.1) is 0 Å². The summed E-state index contributed by atoms with van der Waals surface area (Å²) >= 11 is 2.09. The fraction of sp³-hybridized carbons (Fsp3) is 1.00. The van der Waals surface area contributed by atoms with Crippen LogP contribution >= 0.6 is 11.8 Å². The maximum absolute atomic E-state index is 5.89. The van der Waals surface area contributed by atoms with Gasteiger partial charge >= 0.3 is 0 Å². The molecule has 2 N–H and O–H groups in total. The number of thioether (sulfide) groups is 1. The minimum atomic E-state index is 0.321.